The molecule has 0 aromatic heterocycles. The summed E-state index contributed by atoms with van der Waals surface area (Å²) in [4.78, 5) is 21.7. The molecular formula is C12H14O3P2. The highest BCUT2D eigenvalue weighted by Gasteiger charge is 1.92. The molecule has 0 atom stereocenters. The van der Waals surface area contributed by atoms with Crippen LogP contribution in [0, 0.1) is 0 Å². The van der Waals surface area contributed by atoms with E-state index in [9.17, 15) is 0 Å². The molecule has 3 N–H and O–H groups in total. The first-order valence-electron chi connectivity index (χ1n) is 4.92. The highest BCUT2D eigenvalue weighted by Crippen LogP contribution is 2.11. The van der Waals surface area contributed by atoms with Gasteiger partial charge < -0.3 is 14.7 Å². The fourth-order valence-electron chi connectivity index (χ4n) is 1.21. The highest BCUT2D eigenvalue weighted by atomic mass is 31.2. The molecule has 3 nitrogen and oxygen atoms in total. The van der Waals surface area contributed by atoms with Crippen molar-refractivity contribution in [3.05, 3.63) is 60.7 Å². The zero-order valence-corrected chi connectivity index (χ0v) is 11.0. The van der Waals surface area contributed by atoms with Crippen molar-refractivity contribution in [1.29, 1.82) is 0 Å². The Labute approximate surface area is 104 Å². The van der Waals surface area contributed by atoms with Crippen LogP contribution in [0.3, 0.4) is 0 Å². The highest BCUT2D eigenvalue weighted by molar-refractivity contribution is 7.55. The molecule has 0 amide bonds. The predicted molar refractivity (Wildman–Crippen MR) is 74.0 cm³/mol. The number of rotatable bonds is 2. The maximum atomic E-state index is 7.23. The van der Waals surface area contributed by atoms with Crippen molar-refractivity contribution in [2.75, 3.05) is 0 Å². The minimum absolute atomic E-state index is 0.777. The Morgan fingerprint density at radius 3 is 1.24 bits per heavy atom. The molecule has 2 rings (SSSR count). The van der Waals surface area contributed by atoms with Gasteiger partial charge in [0.25, 0.3) is 0 Å². The Balaban J connectivity index is 0.000000317. The summed E-state index contributed by atoms with van der Waals surface area (Å²) in [5.41, 5.74) is 0. The van der Waals surface area contributed by atoms with Crippen LogP contribution in [0.25, 0.3) is 0 Å². The lowest BCUT2D eigenvalue weighted by Gasteiger charge is -2.00. The SMILES string of the molecule is OP(O)O.c1ccc(Pc2ccccc2)cc1. The van der Waals surface area contributed by atoms with Gasteiger partial charge in [-0.3, -0.25) is 0 Å². The van der Waals surface area contributed by atoms with Crippen LogP contribution >= 0.6 is 17.2 Å². The average molecular weight is 268 g/mol. The van der Waals surface area contributed by atoms with Crippen LogP contribution in [-0.2, 0) is 0 Å². The third-order valence-corrected chi connectivity index (χ3v) is 3.08. The topological polar surface area (TPSA) is 60.7 Å². The van der Waals surface area contributed by atoms with E-state index in [0.29, 0.717) is 0 Å². The monoisotopic (exact) mass is 268 g/mol. The second-order valence-electron chi connectivity index (χ2n) is 3.13. The van der Waals surface area contributed by atoms with E-state index >= 15 is 0 Å². The van der Waals surface area contributed by atoms with E-state index in [0.717, 1.165) is 8.58 Å². The Bertz CT molecular complexity index is 366. The van der Waals surface area contributed by atoms with Gasteiger partial charge in [-0.25, -0.2) is 0 Å². The smallest absolute Gasteiger partial charge is 0.324 e. The van der Waals surface area contributed by atoms with Crippen LogP contribution in [0.2, 0.25) is 0 Å². The first kappa shape index (κ1) is 14.2. The summed E-state index contributed by atoms with van der Waals surface area (Å²) in [6, 6.07) is 21.2. The molecule has 0 radical (unpaired) electrons. The first-order valence-corrected chi connectivity index (χ1v) is 7.12. The van der Waals surface area contributed by atoms with Gasteiger partial charge in [0.05, 0.1) is 0 Å². The van der Waals surface area contributed by atoms with Crippen molar-refractivity contribution in [3.8, 4) is 0 Å². The lowest BCUT2D eigenvalue weighted by molar-refractivity contribution is 0.368. The van der Waals surface area contributed by atoms with Crippen molar-refractivity contribution in [2.45, 2.75) is 0 Å². The summed E-state index contributed by atoms with van der Waals surface area (Å²) in [5.74, 6) is 0. The van der Waals surface area contributed by atoms with Gasteiger partial charge in [0.2, 0.25) is 0 Å². The van der Waals surface area contributed by atoms with Crippen LogP contribution in [0.15, 0.2) is 60.7 Å². The van der Waals surface area contributed by atoms with Gasteiger partial charge in [-0.2, -0.15) is 0 Å². The third kappa shape index (κ3) is 7.17. The second kappa shape index (κ2) is 8.30. The van der Waals surface area contributed by atoms with Gasteiger partial charge in [-0.15, -0.1) is 0 Å². The van der Waals surface area contributed by atoms with Crippen LogP contribution in [0.1, 0.15) is 0 Å². The largest absolute Gasteiger partial charge is 0.328 e. The zero-order chi connectivity index (χ0) is 12.5. The van der Waals surface area contributed by atoms with Crippen molar-refractivity contribution in [3.63, 3.8) is 0 Å². The minimum Gasteiger partial charge on any atom is -0.328 e. The van der Waals surface area contributed by atoms with Crippen LogP contribution in [-0.4, -0.2) is 14.7 Å². The lowest BCUT2D eigenvalue weighted by atomic mass is 10.4. The molecule has 0 aliphatic rings. The molecule has 0 heterocycles. The fourth-order valence-corrected chi connectivity index (χ4v) is 2.26. The molecule has 5 heteroatoms. The van der Waals surface area contributed by atoms with Crippen molar-refractivity contribution >= 4 is 27.8 Å². The minimum atomic E-state index is -2.62. The first-order chi connectivity index (χ1) is 8.18. The summed E-state index contributed by atoms with van der Waals surface area (Å²) >= 11 is 0. The summed E-state index contributed by atoms with van der Waals surface area (Å²) < 4.78 is 0. The quantitative estimate of drug-likeness (QED) is 0.723. The summed E-state index contributed by atoms with van der Waals surface area (Å²) in [6.07, 6.45) is 0. The number of hydrogen-bond donors (Lipinski definition) is 3. The van der Waals surface area contributed by atoms with Gasteiger partial charge >= 0.3 is 8.60 Å². The maximum absolute atomic E-state index is 7.23. The van der Waals surface area contributed by atoms with E-state index in [4.69, 9.17) is 14.7 Å². The Kier molecular flexibility index (Phi) is 6.95. The lowest BCUT2D eigenvalue weighted by Crippen LogP contribution is -2.01. The molecule has 0 saturated heterocycles. The molecule has 0 spiro atoms. The molecule has 0 unspecified atom stereocenters. The summed E-state index contributed by atoms with van der Waals surface area (Å²) in [5, 5.41) is 2.79. The number of benzene rings is 2. The molecule has 0 saturated carbocycles. The van der Waals surface area contributed by atoms with E-state index in [2.05, 4.69) is 60.7 Å². The maximum Gasteiger partial charge on any atom is 0.324 e. The Morgan fingerprint density at radius 2 is 0.941 bits per heavy atom. The van der Waals surface area contributed by atoms with Gasteiger partial charge in [0.15, 0.2) is 0 Å². The van der Waals surface area contributed by atoms with Gasteiger partial charge in [0.1, 0.15) is 0 Å². The molecule has 17 heavy (non-hydrogen) atoms. The second-order valence-corrected chi connectivity index (χ2v) is 5.07. The molecular weight excluding hydrogens is 254 g/mol. The molecule has 90 valence electrons. The van der Waals surface area contributed by atoms with Crippen LogP contribution in [0.5, 0.6) is 0 Å². The van der Waals surface area contributed by atoms with Crippen molar-refractivity contribution in [1.82, 2.24) is 0 Å². The van der Waals surface area contributed by atoms with Crippen molar-refractivity contribution < 1.29 is 14.7 Å². The van der Waals surface area contributed by atoms with E-state index in [1.807, 2.05) is 0 Å². The molecule has 0 aliphatic heterocycles. The molecule has 0 fully saturated rings. The Hall–Kier alpha value is -0.820. The zero-order valence-electron chi connectivity index (χ0n) is 9.06. The molecule has 0 aliphatic carbocycles. The average Bonchev–Trinajstić information content (AvgIpc) is 2.31. The van der Waals surface area contributed by atoms with E-state index in [-0.39, 0.29) is 0 Å². The van der Waals surface area contributed by atoms with Gasteiger partial charge in [0, 0.05) is 0 Å². The van der Waals surface area contributed by atoms with Crippen LogP contribution in [0.4, 0.5) is 0 Å². The van der Waals surface area contributed by atoms with Crippen LogP contribution < -0.4 is 10.6 Å². The molecule has 2 aromatic rings. The summed E-state index contributed by atoms with van der Waals surface area (Å²) in [6.45, 7) is 0. The normalized spacial score (nSPS) is 9.65. The van der Waals surface area contributed by atoms with E-state index < -0.39 is 8.60 Å². The van der Waals surface area contributed by atoms with E-state index in [1.54, 1.807) is 0 Å². The van der Waals surface area contributed by atoms with E-state index in [1.165, 1.54) is 10.6 Å². The molecule has 2 aromatic carbocycles. The van der Waals surface area contributed by atoms with Gasteiger partial charge in [-0.1, -0.05) is 69.2 Å². The Morgan fingerprint density at radius 1 is 0.647 bits per heavy atom. The third-order valence-electron chi connectivity index (χ3n) is 1.84. The standard InChI is InChI=1S/C12H11P.H3O3P/c1-3-7-11(8-4-1)13-12-9-5-2-6-10-12;1-4(2)3/h1-10,13H;1-3H. The number of hydrogen-bond acceptors (Lipinski definition) is 3. The van der Waals surface area contributed by atoms with Crippen molar-refractivity contribution in [2.24, 2.45) is 0 Å². The fraction of sp³-hybridized carbons (Fsp3) is 0. The molecule has 0 bridgehead atoms. The summed E-state index contributed by atoms with van der Waals surface area (Å²) in [7, 11) is -1.84. The van der Waals surface area contributed by atoms with Gasteiger partial charge in [-0.05, 0) is 10.6 Å². The predicted octanol–water partition coefficient (Wildman–Crippen LogP) is 1.51.